The molecule has 130 valence electrons. The van der Waals surface area contributed by atoms with Gasteiger partial charge in [0.05, 0.1) is 0 Å². The number of nitrogens with two attached hydrogens (primary N) is 3. The summed E-state index contributed by atoms with van der Waals surface area (Å²) >= 11 is 0. The van der Waals surface area contributed by atoms with Gasteiger partial charge in [-0.2, -0.15) is 21.3 Å². The number of nitrogen functional groups attached to an aromatic ring is 1. The van der Waals surface area contributed by atoms with Crippen LogP contribution in [-0.2, 0) is 18.5 Å². The van der Waals surface area contributed by atoms with Crippen molar-refractivity contribution in [3.63, 3.8) is 0 Å². The number of hydrogen-bond acceptors (Lipinski definition) is 12. The zero-order chi connectivity index (χ0) is 17.2. The monoisotopic (exact) mass is 353 g/mol. The number of phosphoric acid groups is 1. The van der Waals surface area contributed by atoms with Crippen molar-refractivity contribution in [1.82, 2.24) is 9.55 Å². The van der Waals surface area contributed by atoms with Crippen molar-refractivity contribution in [1.29, 1.82) is 0 Å². The lowest BCUT2D eigenvalue weighted by Crippen LogP contribution is -2.36. The molecule has 1 aliphatic rings. The van der Waals surface area contributed by atoms with E-state index < -0.39 is 45.0 Å². The molecule has 1 aromatic rings. The Labute approximate surface area is 129 Å². The second kappa shape index (κ2) is 7.11. The zero-order valence-corrected chi connectivity index (χ0v) is 12.5. The minimum atomic E-state index is -4.20. The van der Waals surface area contributed by atoms with Crippen molar-refractivity contribution in [2.75, 3.05) is 12.3 Å². The van der Waals surface area contributed by atoms with Gasteiger partial charge in [-0.25, -0.2) is 4.79 Å². The molecule has 0 amide bonds. The Morgan fingerprint density at radius 3 is 2.61 bits per heavy atom. The smallest absolute Gasteiger partial charge is 0.426 e. The molecule has 0 spiro atoms. The third-order valence-electron chi connectivity index (χ3n) is 3.12. The van der Waals surface area contributed by atoms with Gasteiger partial charge in [-0.1, -0.05) is 9.25 Å². The lowest BCUT2D eigenvalue weighted by atomic mass is 10.1. The molecule has 0 unspecified atom stereocenters. The second-order valence-corrected chi connectivity index (χ2v) is 6.12. The average Bonchev–Trinajstić information content (AvgIpc) is 2.81. The first-order valence-electron chi connectivity index (χ1n) is 6.19. The normalized spacial score (nSPS) is 28.2. The van der Waals surface area contributed by atoms with E-state index >= 15 is 0 Å². The highest BCUT2D eigenvalue weighted by atomic mass is 31.2. The first kappa shape index (κ1) is 18.1. The van der Waals surface area contributed by atoms with Crippen LogP contribution in [0.3, 0.4) is 0 Å². The van der Waals surface area contributed by atoms with Crippen LogP contribution in [-0.4, -0.2) is 44.7 Å². The maximum Gasteiger partial charge on any atom is 0.426 e. The van der Waals surface area contributed by atoms with Gasteiger partial charge in [-0.3, -0.25) is 4.57 Å². The molecule has 1 aromatic heterocycles. The van der Waals surface area contributed by atoms with Gasteiger partial charge in [0.15, 0.2) is 6.23 Å². The first-order chi connectivity index (χ1) is 10.8. The van der Waals surface area contributed by atoms with Crippen LogP contribution in [0.1, 0.15) is 6.23 Å². The summed E-state index contributed by atoms with van der Waals surface area (Å²) in [5, 5.41) is 19.9. The molecule has 8 N–H and O–H groups in total. The Bertz CT molecular complexity index is 598. The standard InChI is InChI=1S/C9H16N5O8P/c10-5-1-2-14(9(17)13-5)8-7(16)6(15)4(20-8)3-19-23(18,21-11)22-12/h1-2,4,6-8,15-16H,3,11-12H2,(H2,10,13,17)/t4-,6-,7+,8-/m1/s1. The fourth-order valence-corrected chi connectivity index (χ4v) is 2.47. The number of aliphatic hydroxyl groups excluding tert-OH is 2. The fourth-order valence-electron chi connectivity index (χ4n) is 1.97. The molecule has 1 saturated heterocycles. The average molecular weight is 353 g/mol. The number of nitrogens with zero attached hydrogens (tertiary/aromatic N) is 2. The lowest BCUT2D eigenvalue weighted by Gasteiger charge is -2.21. The second-order valence-electron chi connectivity index (χ2n) is 4.54. The third kappa shape index (κ3) is 3.81. The molecule has 4 atom stereocenters. The molecular formula is C9H16N5O8P. The maximum atomic E-state index is 11.7. The lowest BCUT2D eigenvalue weighted by molar-refractivity contribution is -0.253. The summed E-state index contributed by atoms with van der Waals surface area (Å²) in [4.78, 5) is 26.8. The van der Waals surface area contributed by atoms with Crippen LogP contribution in [0.2, 0.25) is 0 Å². The number of ether oxygens (including phenoxy) is 1. The van der Waals surface area contributed by atoms with Gasteiger partial charge in [-0.05, 0) is 6.07 Å². The van der Waals surface area contributed by atoms with Crippen molar-refractivity contribution < 1.29 is 33.6 Å². The molecule has 0 bridgehead atoms. The van der Waals surface area contributed by atoms with Crippen molar-refractivity contribution in [3.8, 4) is 0 Å². The summed E-state index contributed by atoms with van der Waals surface area (Å²) in [6.45, 7) is -0.544. The van der Waals surface area contributed by atoms with Crippen molar-refractivity contribution in [2.24, 2.45) is 11.8 Å². The largest absolute Gasteiger partial charge is 0.603 e. The fraction of sp³-hybridized carbons (Fsp3) is 0.556. The Morgan fingerprint density at radius 2 is 2.04 bits per heavy atom. The predicted octanol–water partition coefficient (Wildman–Crippen LogP) is -3.72. The van der Waals surface area contributed by atoms with E-state index in [4.69, 9.17) is 26.8 Å². The molecular weight excluding hydrogens is 337 g/mol. The Balaban J connectivity index is 2.10. The third-order valence-corrected chi connectivity index (χ3v) is 4.10. The van der Waals surface area contributed by atoms with E-state index in [2.05, 4.69) is 14.2 Å². The topological polar surface area (TPSA) is 213 Å². The van der Waals surface area contributed by atoms with Crippen LogP contribution >= 0.6 is 8.17 Å². The Morgan fingerprint density at radius 1 is 1.39 bits per heavy atom. The van der Waals surface area contributed by atoms with Crippen molar-refractivity contribution in [3.05, 3.63) is 22.7 Å². The van der Waals surface area contributed by atoms with Crippen LogP contribution in [0.25, 0.3) is 0 Å². The highest BCUT2D eigenvalue weighted by Crippen LogP contribution is 2.50. The number of rotatable bonds is 6. The van der Waals surface area contributed by atoms with Gasteiger partial charge < -0.3 is 25.6 Å². The van der Waals surface area contributed by atoms with Crippen LogP contribution < -0.4 is 28.1 Å². The minimum absolute atomic E-state index is 0.0136. The van der Waals surface area contributed by atoms with E-state index in [-0.39, 0.29) is 5.82 Å². The van der Waals surface area contributed by atoms with E-state index in [0.717, 1.165) is 4.57 Å². The van der Waals surface area contributed by atoms with E-state index in [0.29, 0.717) is 0 Å². The number of hydrogen-bond donors (Lipinski definition) is 5. The molecule has 0 aliphatic carbocycles. The van der Waals surface area contributed by atoms with Gasteiger partial charge in [0.1, 0.15) is 30.7 Å². The molecule has 0 radical (unpaired) electrons. The van der Waals surface area contributed by atoms with E-state index in [9.17, 15) is 19.9 Å². The molecule has 2 rings (SSSR count). The molecule has 1 fully saturated rings. The molecule has 23 heavy (non-hydrogen) atoms. The minimum Gasteiger partial charge on any atom is -0.603 e. The van der Waals surface area contributed by atoms with Gasteiger partial charge in [0, 0.05) is 6.20 Å². The van der Waals surface area contributed by atoms with E-state index in [1.165, 1.54) is 12.3 Å². The molecule has 14 heteroatoms. The van der Waals surface area contributed by atoms with Gasteiger partial charge in [-0.15, -0.1) is 0 Å². The van der Waals surface area contributed by atoms with Gasteiger partial charge >= 0.3 is 13.9 Å². The number of aliphatic hydroxyl groups is 2. The quantitative estimate of drug-likeness (QED) is 0.246. The number of anilines is 1. The molecule has 13 nitrogen and oxygen atoms in total. The molecule has 0 aromatic carbocycles. The Kier molecular flexibility index (Phi) is 5.59. The summed E-state index contributed by atoms with van der Waals surface area (Å²) in [6.07, 6.45) is -4.13. The molecule has 2 heterocycles. The molecule has 1 aliphatic heterocycles. The van der Waals surface area contributed by atoms with Crippen LogP contribution in [0.15, 0.2) is 17.1 Å². The summed E-state index contributed by atoms with van der Waals surface area (Å²) in [7, 11) is -4.20. The number of aromatic nitrogens is 2. The van der Waals surface area contributed by atoms with E-state index in [1.54, 1.807) is 0 Å². The molecule has 0 saturated carbocycles. The maximum absolute atomic E-state index is 11.7. The highest BCUT2D eigenvalue weighted by Gasteiger charge is 2.46. The first-order valence-corrected chi connectivity index (χ1v) is 7.65. The van der Waals surface area contributed by atoms with Gasteiger partial charge in [0.2, 0.25) is 0 Å². The van der Waals surface area contributed by atoms with Crippen molar-refractivity contribution >= 4 is 14.0 Å². The highest BCUT2D eigenvalue weighted by molar-refractivity contribution is 7.53. The Hall–Kier alpha value is -1.25. The SMILES string of the molecule is NO[P+]([O-])(ON)OC[C@H]1O[C@@H](n2ccc(N)nc2=O)[C@@H](O)[C@@H]1O. The van der Waals surface area contributed by atoms with Crippen molar-refractivity contribution in [2.45, 2.75) is 24.5 Å². The summed E-state index contributed by atoms with van der Waals surface area (Å²) in [5.41, 5.74) is 4.57. The van der Waals surface area contributed by atoms with Gasteiger partial charge in [0.25, 0.3) is 0 Å². The summed E-state index contributed by atoms with van der Waals surface area (Å²) in [5.74, 6) is 9.40. The van der Waals surface area contributed by atoms with Crippen LogP contribution in [0.4, 0.5) is 5.82 Å². The zero-order valence-electron chi connectivity index (χ0n) is 11.6. The summed E-state index contributed by atoms with van der Waals surface area (Å²) in [6, 6.07) is 1.31. The van der Waals surface area contributed by atoms with Crippen LogP contribution in [0, 0.1) is 0 Å². The predicted molar refractivity (Wildman–Crippen MR) is 72.2 cm³/mol. The van der Waals surface area contributed by atoms with Crippen LogP contribution in [0.5, 0.6) is 0 Å². The summed E-state index contributed by atoms with van der Waals surface area (Å²) < 4.78 is 18.9. The van der Waals surface area contributed by atoms with E-state index in [1.807, 2.05) is 0 Å².